The van der Waals surface area contributed by atoms with Gasteiger partial charge >= 0.3 is 11.9 Å². The number of aliphatic hydroxyl groups is 1. The highest BCUT2D eigenvalue weighted by atomic mass is 16.4. The van der Waals surface area contributed by atoms with Crippen molar-refractivity contribution in [3.05, 3.63) is 36.0 Å². The number of carboxylic acid groups (broad SMARTS) is 2. The molecule has 0 saturated heterocycles. The lowest BCUT2D eigenvalue weighted by Gasteiger charge is -2.33. The van der Waals surface area contributed by atoms with Gasteiger partial charge in [0.25, 0.3) is 0 Å². The first-order chi connectivity index (χ1) is 37.4. The van der Waals surface area contributed by atoms with Gasteiger partial charge in [-0.1, -0.05) is 59.7 Å². The fourth-order valence-corrected chi connectivity index (χ4v) is 8.52. The molecule has 17 N–H and O–H groups in total. The van der Waals surface area contributed by atoms with Gasteiger partial charge in [-0.3, -0.25) is 57.5 Å². The number of carbonyl (C=O) groups is 12. The maximum atomic E-state index is 14.6. The SMILES string of the molecule is CC(=O)N[C@@H](CC(C)C)C(=O)N[C@@H](CCC(=O)O)C(=O)N[C@@H](CC(C)C)C(=O)N[C@@H](CC(=O)O)C(=O)N[C@@H](CCCCN)C(=O)N[C@](C)(Cc1c[nH]c2ccccc12)C(=O)N[C@@H](C)C(=O)N[C@@H](CO)C(=O)N[C@@H](CC(C)C)C(N)=O. The van der Waals surface area contributed by atoms with Gasteiger partial charge in [-0.15, -0.1) is 0 Å². The maximum Gasteiger partial charge on any atom is 0.305 e. The number of hydrogen-bond acceptors (Lipinski definition) is 14. The number of primary amides is 1. The molecule has 27 heteroatoms. The van der Waals surface area contributed by atoms with Crippen molar-refractivity contribution >= 4 is 81.9 Å². The molecule has 0 aliphatic rings. The summed E-state index contributed by atoms with van der Waals surface area (Å²) in [6, 6.07) is -4.60. The van der Waals surface area contributed by atoms with Gasteiger partial charge in [0.15, 0.2) is 0 Å². The van der Waals surface area contributed by atoms with Crippen LogP contribution in [-0.2, 0) is 64.0 Å². The van der Waals surface area contributed by atoms with E-state index in [1.807, 2.05) is 0 Å². The predicted octanol–water partition coefficient (Wildman–Crippen LogP) is -1.41. The number of aliphatic carboxylic acids is 2. The summed E-state index contributed by atoms with van der Waals surface area (Å²) in [7, 11) is 0. The molecule has 0 radical (unpaired) electrons. The fourth-order valence-electron chi connectivity index (χ4n) is 8.52. The lowest BCUT2D eigenvalue weighted by Crippen LogP contribution is -2.65. The van der Waals surface area contributed by atoms with Crippen LogP contribution in [0.1, 0.15) is 126 Å². The van der Waals surface area contributed by atoms with Gasteiger partial charge in [0.05, 0.1) is 13.0 Å². The van der Waals surface area contributed by atoms with E-state index in [2.05, 4.69) is 52.8 Å². The topological polar surface area (TPSA) is 442 Å². The minimum Gasteiger partial charge on any atom is -0.481 e. The van der Waals surface area contributed by atoms with E-state index >= 15 is 0 Å². The molecule has 1 aromatic heterocycles. The van der Waals surface area contributed by atoms with Crippen LogP contribution in [-0.4, -0.2) is 158 Å². The second-order valence-electron chi connectivity index (χ2n) is 21.5. The summed E-state index contributed by atoms with van der Waals surface area (Å²) < 4.78 is 0. The number of amides is 10. The Balaban J connectivity index is 2.52. The van der Waals surface area contributed by atoms with Crippen molar-refractivity contribution in [3.63, 3.8) is 0 Å². The van der Waals surface area contributed by atoms with Crippen LogP contribution < -0.4 is 59.3 Å². The van der Waals surface area contributed by atoms with Crippen LogP contribution in [0, 0.1) is 17.8 Å². The number of carboxylic acids is 2. The molecule has 446 valence electrons. The third kappa shape index (κ3) is 23.3. The molecule has 0 spiro atoms. The number of aliphatic hydroxyl groups excluding tert-OH is 1. The molecule has 1 heterocycles. The number of nitrogens with one attached hydrogen (secondary N) is 10. The summed E-state index contributed by atoms with van der Waals surface area (Å²) in [5, 5.41) is 52.5. The van der Waals surface area contributed by atoms with E-state index in [9.17, 15) is 72.9 Å². The average Bonchev–Trinajstić information content (AvgIpc) is 3.76. The van der Waals surface area contributed by atoms with Crippen LogP contribution in [0.25, 0.3) is 10.9 Å². The van der Waals surface area contributed by atoms with Gasteiger partial charge in [-0.2, -0.15) is 0 Å². The maximum absolute atomic E-state index is 14.6. The van der Waals surface area contributed by atoms with E-state index in [0.29, 0.717) is 22.9 Å². The van der Waals surface area contributed by atoms with E-state index in [4.69, 9.17) is 11.5 Å². The van der Waals surface area contributed by atoms with Gasteiger partial charge in [-0.25, -0.2) is 0 Å². The van der Waals surface area contributed by atoms with Crippen LogP contribution in [0.2, 0.25) is 0 Å². The van der Waals surface area contributed by atoms with E-state index in [1.165, 1.54) is 20.8 Å². The number of H-pyrrole nitrogens is 1. The normalized spacial score (nSPS) is 15.1. The largest absolute Gasteiger partial charge is 0.481 e. The summed E-state index contributed by atoms with van der Waals surface area (Å²) in [4.78, 5) is 162. The molecule has 0 aliphatic carbocycles. The van der Waals surface area contributed by atoms with E-state index in [0.717, 1.165) is 0 Å². The van der Waals surface area contributed by atoms with Crippen molar-refractivity contribution in [1.82, 2.24) is 52.8 Å². The number of rotatable bonds is 36. The molecular formula is C53H84N12O15. The number of hydrogen-bond donors (Lipinski definition) is 15. The molecule has 9 atom stereocenters. The lowest BCUT2D eigenvalue weighted by molar-refractivity contribution is -0.142. The van der Waals surface area contributed by atoms with Gasteiger partial charge in [0.1, 0.15) is 53.9 Å². The van der Waals surface area contributed by atoms with E-state index in [1.54, 1.807) is 72.0 Å². The second-order valence-corrected chi connectivity index (χ2v) is 21.5. The third-order valence-electron chi connectivity index (χ3n) is 12.7. The number of fused-ring (bicyclic) bond motifs is 1. The molecule has 80 heavy (non-hydrogen) atoms. The number of carbonyl (C=O) groups excluding carboxylic acids is 10. The number of aromatic nitrogens is 1. The van der Waals surface area contributed by atoms with Gasteiger partial charge in [0.2, 0.25) is 59.1 Å². The van der Waals surface area contributed by atoms with Crippen molar-refractivity contribution in [2.45, 2.75) is 180 Å². The zero-order chi connectivity index (χ0) is 60.6. The highest BCUT2D eigenvalue weighted by molar-refractivity contribution is 6.00. The van der Waals surface area contributed by atoms with Crippen LogP contribution in [0.3, 0.4) is 0 Å². The Labute approximate surface area is 465 Å². The molecule has 0 saturated carbocycles. The van der Waals surface area contributed by atoms with Crippen LogP contribution in [0.15, 0.2) is 30.5 Å². The molecule has 10 amide bonds. The van der Waals surface area contributed by atoms with Gasteiger partial charge in [-0.05, 0) is 94.7 Å². The standard InChI is InChI=1S/C53H84N12O15/c1-27(2)20-37(44(55)72)61-50(78)41(26-66)64-45(73)30(7)57-52(80)53(9,24-32-25-56-34-15-11-10-14-33(32)34)65-51(79)35(16-12-13-19-54)59-49(77)40(23-43(70)71)63-48(76)39(22-29(5)6)62-46(74)36(17-18-42(68)69)60-47(75)38(21-28(3)4)58-31(8)67/h10-11,14-15,25,27-30,35-41,56,66H,12-13,16-24,26,54H2,1-9H3,(H2,55,72)(H,57,80)(H,58,67)(H,59,77)(H,60,75)(H,61,78)(H,62,74)(H,63,76)(H,64,73)(H,65,79)(H,68,69)(H,70,71)/t30-,35-,36-,37-,38-,39-,40-,41-,53+/m0/s1. The Kier molecular flexibility index (Phi) is 28.3. The molecule has 0 bridgehead atoms. The number of unbranched alkanes of at least 4 members (excludes halogenated alkanes) is 1. The molecule has 1 aromatic carbocycles. The van der Waals surface area contributed by atoms with Crippen molar-refractivity contribution in [1.29, 1.82) is 0 Å². The number of para-hydroxylation sites is 1. The Bertz CT molecular complexity index is 2500. The first kappa shape index (κ1) is 68.4. The van der Waals surface area contributed by atoms with Crippen molar-refractivity contribution < 1.29 is 72.9 Å². The summed E-state index contributed by atoms with van der Waals surface area (Å²) in [5.74, 6) is -12.5. The average molecular weight is 1130 g/mol. The molecular weight excluding hydrogens is 1040 g/mol. The monoisotopic (exact) mass is 1130 g/mol. The Morgan fingerprint density at radius 3 is 1.57 bits per heavy atom. The zero-order valence-corrected chi connectivity index (χ0v) is 47.1. The van der Waals surface area contributed by atoms with Crippen LogP contribution in [0.4, 0.5) is 0 Å². The Morgan fingerprint density at radius 2 is 1.05 bits per heavy atom. The summed E-state index contributed by atoms with van der Waals surface area (Å²) in [6.45, 7) is 13.7. The highest BCUT2D eigenvalue weighted by Gasteiger charge is 2.41. The first-order valence-electron chi connectivity index (χ1n) is 26.7. The minimum atomic E-state index is -1.95. The molecule has 0 unspecified atom stereocenters. The molecule has 27 nitrogen and oxygen atoms in total. The van der Waals surface area contributed by atoms with Crippen molar-refractivity contribution in [2.75, 3.05) is 13.2 Å². The quantitative estimate of drug-likeness (QED) is 0.0349. The Hall–Kier alpha value is -7.68. The third-order valence-corrected chi connectivity index (χ3v) is 12.7. The second kappa shape index (κ2) is 33.0. The summed E-state index contributed by atoms with van der Waals surface area (Å²) in [6.07, 6.45) is 0.00162. The zero-order valence-electron chi connectivity index (χ0n) is 47.1. The molecule has 0 fully saturated rings. The lowest BCUT2D eigenvalue weighted by atomic mass is 9.90. The van der Waals surface area contributed by atoms with E-state index in [-0.39, 0.29) is 62.8 Å². The first-order valence-corrected chi connectivity index (χ1v) is 26.7. The predicted molar refractivity (Wildman–Crippen MR) is 292 cm³/mol. The van der Waals surface area contributed by atoms with Crippen molar-refractivity contribution in [3.8, 4) is 0 Å². The number of benzene rings is 1. The summed E-state index contributed by atoms with van der Waals surface area (Å²) >= 11 is 0. The highest BCUT2D eigenvalue weighted by Crippen LogP contribution is 2.24. The number of nitrogens with two attached hydrogens (primary N) is 2. The number of aromatic amines is 1. The van der Waals surface area contributed by atoms with E-state index < -0.39 is 151 Å². The van der Waals surface area contributed by atoms with Crippen LogP contribution in [0.5, 0.6) is 0 Å². The smallest absolute Gasteiger partial charge is 0.305 e. The van der Waals surface area contributed by atoms with Crippen molar-refractivity contribution in [2.24, 2.45) is 29.2 Å². The summed E-state index contributed by atoms with van der Waals surface area (Å²) in [5.41, 5.74) is 10.5. The molecule has 0 aliphatic heterocycles. The molecule has 2 aromatic rings. The van der Waals surface area contributed by atoms with Gasteiger partial charge < -0.3 is 79.6 Å². The fraction of sp³-hybridized carbons (Fsp3) is 0.623. The Morgan fingerprint density at radius 1 is 0.575 bits per heavy atom. The minimum absolute atomic E-state index is 0.0588. The molecule has 2 rings (SSSR count). The van der Waals surface area contributed by atoms with Crippen LogP contribution >= 0.6 is 0 Å². The van der Waals surface area contributed by atoms with Gasteiger partial charge in [0, 0.05) is 36.9 Å².